The molecule has 0 aromatic heterocycles. The maximum atomic E-state index is 9.90. The van der Waals surface area contributed by atoms with Gasteiger partial charge < -0.3 is 30.4 Å². The fourth-order valence-electron chi connectivity index (χ4n) is 1.95. The highest BCUT2D eigenvalue weighted by Crippen LogP contribution is 2.30. The van der Waals surface area contributed by atoms with Crippen molar-refractivity contribution in [2.24, 2.45) is 5.16 Å². The van der Waals surface area contributed by atoms with Crippen molar-refractivity contribution < 1.29 is 30.4 Å². The van der Waals surface area contributed by atoms with Crippen molar-refractivity contribution in [3.05, 3.63) is 0 Å². The van der Waals surface area contributed by atoms with Crippen LogP contribution in [-0.4, -0.2) is 79.1 Å². The molecule has 0 amide bonds. The topological polar surface area (TPSA) is 123 Å². The second-order valence-corrected chi connectivity index (χ2v) is 6.92. The Kier molecular flexibility index (Phi) is 8.95. The smallest absolute Gasteiger partial charge is 0.138 e. The van der Waals surface area contributed by atoms with Crippen LogP contribution in [-0.2, 0) is 4.74 Å². The molecule has 5 unspecified atom stereocenters. The molecule has 7 nitrogen and oxygen atoms in total. The Balaban J connectivity index is 2.54. The van der Waals surface area contributed by atoms with Gasteiger partial charge in [-0.1, -0.05) is 16.9 Å². The van der Waals surface area contributed by atoms with E-state index in [1.807, 2.05) is 6.26 Å². The zero-order valence-corrected chi connectivity index (χ0v) is 13.5. The highest BCUT2D eigenvalue weighted by molar-refractivity contribution is 8.14. The van der Waals surface area contributed by atoms with Gasteiger partial charge in [-0.15, -0.1) is 0 Å². The Labute approximate surface area is 132 Å². The van der Waals surface area contributed by atoms with E-state index in [1.54, 1.807) is 11.8 Å². The Morgan fingerprint density at radius 3 is 2.43 bits per heavy atom. The quantitative estimate of drug-likeness (QED) is 0.142. The second kappa shape index (κ2) is 9.88. The summed E-state index contributed by atoms with van der Waals surface area (Å²) in [4.78, 5) is 0. The molecule has 0 radical (unpaired) electrons. The predicted octanol–water partition coefficient (Wildman–Crippen LogP) is -0.160. The van der Waals surface area contributed by atoms with Gasteiger partial charge in [0.2, 0.25) is 0 Å². The molecule has 1 heterocycles. The lowest BCUT2D eigenvalue weighted by molar-refractivity contribution is -0.205. The van der Waals surface area contributed by atoms with Gasteiger partial charge in [-0.3, -0.25) is 0 Å². The zero-order valence-electron chi connectivity index (χ0n) is 11.8. The number of aliphatic hydroxyl groups excluding tert-OH is 4. The van der Waals surface area contributed by atoms with Crippen LogP contribution in [0.3, 0.4) is 0 Å². The normalized spacial score (nSPS) is 34.1. The maximum absolute atomic E-state index is 9.90. The number of unbranched alkanes of at least 4 members (excludes halogenated alkanes) is 1. The van der Waals surface area contributed by atoms with Gasteiger partial charge in [-0.25, -0.2) is 0 Å². The summed E-state index contributed by atoms with van der Waals surface area (Å²) in [6.45, 7) is -0.471. The molecule has 0 saturated carbocycles. The van der Waals surface area contributed by atoms with Gasteiger partial charge in [0.15, 0.2) is 0 Å². The van der Waals surface area contributed by atoms with Gasteiger partial charge in [0.05, 0.1) is 6.61 Å². The SMILES string of the molecule is CSCCCCC(=NO)SC1OC(CO)C(O)C(O)C1O. The van der Waals surface area contributed by atoms with Crippen molar-refractivity contribution in [1.82, 2.24) is 0 Å². The van der Waals surface area contributed by atoms with E-state index >= 15 is 0 Å². The third kappa shape index (κ3) is 5.59. The Hall–Kier alpha value is -0.0300. The average Bonchev–Trinajstić information content (AvgIpc) is 2.50. The molecule has 21 heavy (non-hydrogen) atoms. The molecule has 0 aromatic carbocycles. The standard InChI is InChI=1S/C12H23NO6S2/c1-20-5-3-2-4-8(13-18)21-12-11(17)10(16)9(15)7(6-14)19-12/h7,9-12,14-18H,2-6H2,1H3. The van der Waals surface area contributed by atoms with E-state index in [2.05, 4.69) is 5.16 Å². The molecule has 124 valence electrons. The summed E-state index contributed by atoms with van der Waals surface area (Å²) in [5.41, 5.74) is -0.896. The minimum atomic E-state index is -1.41. The predicted molar refractivity (Wildman–Crippen MR) is 82.8 cm³/mol. The van der Waals surface area contributed by atoms with Crippen LogP contribution in [0.25, 0.3) is 0 Å². The van der Waals surface area contributed by atoms with Crippen molar-refractivity contribution in [3.63, 3.8) is 0 Å². The highest BCUT2D eigenvalue weighted by Gasteiger charge is 2.44. The molecule has 1 fully saturated rings. The molecule has 1 aliphatic rings. The Bertz CT molecular complexity index is 331. The van der Waals surface area contributed by atoms with E-state index in [9.17, 15) is 15.3 Å². The van der Waals surface area contributed by atoms with E-state index < -0.39 is 36.5 Å². The molecular formula is C12H23NO6S2. The van der Waals surface area contributed by atoms with Gasteiger partial charge in [-0.05, 0) is 31.3 Å². The number of nitrogens with zero attached hydrogens (tertiary/aromatic N) is 1. The highest BCUT2D eigenvalue weighted by atomic mass is 32.2. The van der Waals surface area contributed by atoms with Crippen molar-refractivity contribution in [2.75, 3.05) is 18.6 Å². The molecule has 1 rings (SSSR count). The van der Waals surface area contributed by atoms with Crippen LogP contribution in [0.1, 0.15) is 19.3 Å². The summed E-state index contributed by atoms with van der Waals surface area (Å²) in [6.07, 6.45) is -0.684. The number of aliphatic hydroxyl groups is 4. The maximum Gasteiger partial charge on any atom is 0.138 e. The molecule has 0 bridgehead atoms. The minimum Gasteiger partial charge on any atom is -0.410 e. The monoisotopic (exact) mass is 341 g/mol. The van der Waals surface area contributed by atoms with Crippen LogP contribution < -0.4 is 0 Å². The first-order valence-electron chi connectivity index (χ1n) is 6.72. The Morgan fingerprint density at radius 2 is 1.86 bits per heavy atom. The first kappa shape index (κ1) is 19.0. The number of ether oxygens (including phenoxy) is 1. The first-order chi connectivity index (χ1) is 10.0. The van der Waals surface area contributed by atoms with Crippen LogP contribution in [0.2, 0.25) is 0 Å². The average molecular weight is 341 g/mol. The number of hydrogen-bond acceptors (Lipinski definition) is 9. The number of thioether (sulfide) groups is 2. The van der Waals surface area contributed by atoms with Crippen molar-refractivity contribution in [2.45, 2.75) is 49.1 Å². The lowest BCUT2D eigenvalue weighted by Gasteiger charge is -2.39. The van der Waals surface area contributed by atoms with Gasteiger partial charge >= 0.3 is 0 Å². The number of oxime groups is 1. The van der Waals surface area contributed by atoms with Gasteiger partial charge in [0.25, 0.3) is 0 Å². The van der Waals surface area contributed by atoms with Crippen LogP contribution in [0, 0.1) is 0 Å². The molecule has 0 spiro atoms. The summed E-state index contributed by atoms with van der Waals surface area (Å²) >= 11 is 2.73. The van der Waals surface area contributed by atoms with E-state index in [0.717, 1.165) is 30.4 Å². The van der Waals surface area contributed by atoms with Crippen molar-refractivity contribution in [1.29, 1.82) is 0 Å². The van der Waals surface area contributed by atoms with Crippen LogP contribution >= 0.6 is 23.5 Å². The van der Waals surface area contributed by atoms with Crippen LogP contribution in [0.5, 0.6) is 0 Å². The number of rotatable bonds is 7. The lowest BCUT2D eigenvalue weighted by Crippen LogP contribution is -2.57. The minimum absolute atomic E-state index is 0.389. The van der Waals surface area contributed by atoms with E-state index in [-0.39, 0.29) is 0 Å². The summed E-state index contributed by atoms with van der Waals surface area (Å²) in [6, 6.07) is 0. The second-order valence-electron chi connectivity index (χ2n) is 4.76. The van der Waals surface area contributed by atoms with Gasteiger partial charge in [0.1, 0.15) is 34.9 Å². The zero-order chi connectivity index (χ0) is 15.8. The molecule has 5 N–H and O–H groups in total. The molecule has 0 aromatic rings. The van der Waals surface area contributed by atoms with Crippen LogP contribution in [0.15, 0.2) is 5.16 Å². The molecular weight excluding hydrogens is 318 g/mol. The van der Waals surface area contributed by atoms with Gasteiger partial charge in [-0.2, -0.15) is 11.8 Å². The third-order valence-corrected chi connectivity index (χ3v) is 5.08. The van der Waals surface area contributed by atoms with E-state index in [1.165, 1.54) is 0 Å². The largest absolute Gasteiger partial charge is 0.410 e. The number of hydrogen-bond donors (Lipinski definition) is 5. The third-order valence-electron chi connectivity index (χ3n) is 3.20. The molecule has 1 aliphatic heterocycles. The molecule has 5 atom stereocenters. The molecule has 9 heteroatoms. The Morgan fingerprint density at radius 1 is 1.14 bits per heavy atom. The molecule has 1 saturated heterocycles. The van der Waals surface area contributed by atoms with Gasteiger partial charge in [0, 0.05) is 0 Å². The molecule has 0 aliphatic carbocycles. The summed E-state index contributed by atoms with van der Waals surface area (Å²) in [7, 11) is 0. The van der Waals surface area contributed by atoms with E-state index in [0.29, 0.717) is 11.5 Å². The first-order valence-corrected chi connectivity index (χ1v) is 8.99. The fraction of sp³-hybridized carbons (Fsp3) is 0.917. The van der Waals surface area contributed by atoms with E-state index in [4.69, 9.17) is 15.1 Å². The fourth-order valence-corrected chi connectivity index (χ4v) is 3.52. The summed E-state index contributed by atoms with van der Waals surface area (Å²) in [5, 5.41) is 51.0. The summed E-state index contributed by atoms with van der Waals surface area (Å²) in [5.74, 6) is 1.02. The van der Waals surface area contributed by atoms with Crippen molar-refractivity contribution >= 4 is 28.6 Å². The van der Waals surface area contributed by atoms with Crippen LogP contribution in [0.4, 0.5) is 0 Å². The summed E-state index contributed by atoms with van der Waals surface area (Å²) < 4.78 is 5.35. The lowest BCUT2D eigenvalue weighted by atomic mass is 10.0. The van der Waals surface area contributed by atoms with Crippen molar-refractivity contribution in [3.8, 4) is 0 Å².